The molecule has 3 heterocycles. The van der Waals surface area contributed by atoms with E-state index in [4.69, 9.17) is 9.40 Å². The maximum atomic E-state index is 13.4. The number of hydrogen-bond acceptors (Lipinski definition) is 4. The minimum atomic E-state index is 0.0787. The fourth-order valence-corrected chi connectivity index (χ4v) is 5.58. The van der Waals surface area contributed by atoms with E-state index >= 15 is 0 Å². The molecular formula is C25H33N3O3. The summed E-state index contributed by atoms with van der Waals surface area (Å²) in [4.78, 5) is 34.1. The molecule has 0 spiro atoms. The van der Waals surface area contributed by atoms with Crippen molar-refractivity contribution in [1.82, 2.24) is 14.8 Å². The highest BCUT2D eigenvalue weighted by Gasteiger charge is 2.30. The Labute approximate surface area is 184 Å². The number of amides is 2. The Hall–Kier alpha value is -2.37. The highest BCUT2D eigenvalue weighted by molar-refractivity contribution is 5.97. The zero-order valence-electron chi connectivity index (χ0n) is 18.4. The molecule has 1 aromatic carbocycles. The number of nitrogens with zero attached hydrogens (tertiary/aromatic N) is 3. The molecule has 166 valence electrons. The van der Waals surface area contributed by atoms with Gasteiger partial charge in [-0.3, -0.25) is 9.59 Å². The largest absolute Gasteiger partial charge is 0.440 e. The Morgan fingerprint density at radius 1 is 1.03 bits per heavy atom. The van der Waals surface area contributed by atoms with Crippen molar-refractivity contribution in [2.24, 2.45) is 0 Å². The first-order valence-corrected chi connectivity index (χ1v) is 12.2. The SMILES string of the molecule is O=C1CCCN1CC[C@H]1CCCCN1C(=O)c1ccc2nc(C3CCCCC3)oc2c1. The summed E-state index contributed by atoms with van der Waals surface area (Å²) >= 11 is 0. The Kier molecular flexibility index (Phi) is 5.97. The predicted octanol–water partition coefficient (Wildman–Crippen LogP) is 4.88. The van der Waals surface area contributed by atoms with Crippen molar-refractivity contribution in [2.75, 3.05) is 19.6 Å². The average Bonchev–Trinajstić information content (AvgIpc) is 3.43. The van der Waals surface area contributed by atoms with Crippen LogP contribution in [0, 0.1) is 0 Å². The van der Waals surface area contributed by atoms with E-state index in [1.807, 2.05) is 28.0 Å². The molecule has 31 heavy (non-hydrogen) atoms. The van der Waals surface area contributed by atoms with Crippen molar-refractivity contribution in [3.05, 3.63) is 29.7 Å². The molecule has 1 atom stereocenters. The number of carbonyl (C=O) groups is 2. The van der Waals surface area contributed by atoms with Gasteiger partial charge in [0.2, 0.25) is 5.91 Å². The third-order valence-electron chi connectivity index (χ3n) is 7.40. The van der Waals surface area contributed by atoms with E-state index in [0.717, 1.165) is 81.6 Å². The van der Waals surface area contributed by atoms with Gasteiger partial charge < -0.3 is 14.2 Å². The van der Waals surface area contributed by atoms with Gasteiger partial charge in [-0.05, 0) is 63.1 Å². The lowest BCUT2D eigenvalue weighted by Crippen LogP contribution is -2.45. The number of benzene rings is 1. The van der Waals surface area contributed by atoms with Gasteiger partial charge in [-0.25, -0.2) is 4.98 Å². The van der Waals surface area contributed by atoms with Gasteiger partial charge in [0.05, 0.1) is 0 Å². The van der Waals surface area contributed by atoms with Crippen LogP contribution in [0.15, 0.2) is 22.6 Å². The van der Waals surface area contributed by atoms with E-state index < -0.39 is 0 Å². The van der Waals surface area contributed by atoms with Crippen molar-refractivity contribution in [3.8, 4) is 0 Å². The zero-order valence-corrected chi connectivity index (χ0v) is 18.4. The van der Waals surface area contributed by atoms with Crippen molar-refractivity contribution in [1.29, 1.82) is 0 Å². The van der Waals surface area contributed by atoms with Gasteiger partial charge >= 0.3 is 0 Å². The van der Waals surface area contributed by atoms with E-state index in [-0.39, 0.29) is 17.9 Å². The van der Waals surface area contributed by atoms with Crippen LogP contribution in [0.1, 0.15) is 92.8 Å². The summed E-state index contributed by atoms with van der Waals surface area (Å²) in [6.07, 6.45) is 11.8. The standard InChI is InChI=1S/C25H33N3O3/c29-23-10-6-14-27(23)16-13-20-9-4-5-15-28(20)25(30)19-11-12-21-22(17-19)31-24(26-21)18-7-2-1-3-8-18/h11-12,17-18,20H,1-10,13-16H2/t20-/m1/s1. The van der Waals surface area contributed by atoms with E-state index in [9.17, 15) is 9.59 Å². The lowest BCUT2D eigenvalue weighted by molar-refractivity contribution is -0.127. The molecule has 2 aromatic rings. The van der Waals surface area contributed by atoms with Gasteiger partial charge in [-0.1, -0.05) is 19.3 Å². The molecule has 1 saturated carbocycles. The summed E-state index contributed by atoms with van der Waals surface area (Å²) in [5.74, 6) is 1.60. The van der Waals surface area contributed by atoms with Crippen molar-refractivity contribution in [2.45, 2.75) is 82.6 Å². The second-order valence-electron chi connectivity index (χ2n) is 9.49. The number of aromatic nitrogens is 1. The summed E-state index contributed by atoms with van der Waals surface area (Å²) in [7, 11) is 0. The Morgan fingerprint density at radius 2 is 1.87 bits per heavy atom. The summed E-state index contributed by atoms with van der Waals surface area (Å²) in [6, 6.07) is 5.92. The highest BCUT2D eigenvalue weighted by atomic mass is 16.3. The van der Waals surface area contributed by atoms with Crippen LogP contribution in [-0.2, 0) is 4.79 Å². The molecule has 5 rings (SSSR count). The van der Waals surface area contributed by atoms with Crippen LogP contribution in [0.4, 0.5) is 0 Å². The molecule has 0 unspecified atom stereocenters. The molecule has 2 aliphatic heterocycles. The lowest BCUT2D eigenvalue weighted by Gasteiger charge is -2.36. The Bertz CT molecular complexity index is 947. The molecule has 6 heteroatoms. The van der Waals surface area contributed by atoms with Crippen LogP contribution >= 0.6 is 0 Å². The van der Waals surface area contributed by atoms with Crippen LogP contribution in [0.2, 0.25) is 0 Å². The van der Waals surface area contributed by atoms with Gasteiger partial charge in [-0.2, -0.15) is 0 Å². The first-order chi connectivity index (χ1) is 15.2. The monoisotopic (exact) mass is 423 g/mol. The topological polar surface area (TPSA) is 66.7 Å². The summed E-state index contributed by atoms with van der Waals surface area (Å²) in [5, 5.41) is 0. The molecule has 1 aromatic heterocycles. The van der Waals surface area contributed by atoms with Crippen LogP contribution in [0.25, 0.3) is 11.1 Å². The third kappa shape index (κ3) is 4.35. The van der Waals surface area contributed by atoms with Crippen molar-refractivity contribution >= 4 is 22.9 Å². The first-order valence-electron chi connectivity index (χ1n) is 12.2. The quantitative estimate of drug-likeness (QED) is 0.687. The van der Waals surface area contributed by atoms with Gasteiger partial charge in [0, 0.05) is 43.6 Å². The number of oxazole rings is 1. The van der Waals surface area contributed by atoms with Crippen LogP contribution in [0.5, 0.6) is 0 Å². The Morgan fingerprint density at radius 3 is 2.68 bits per heavy atom. The number of rotatable bonds is 5. The summed E-state index contributed by atoms with van der Waals surface area (Å²) in [5.41, 5.74) is 2.26. The van der Waals surface area contributed by atoms with E-state index in [2.05, 4.69) is 0 Å². The van der Waals surface area contributed by atoms with Crippen molar-refractivity contribution in [3.63, 3.8) is 0 Å². The number of carbonyl (C=O) groups excluding carboxylic acids is 2. The summed E-state index contributed by atoms with van der Waals surface area (Å²) in [6.45, 7) is 2.42. The number of likely N-dealkylation sites (tertiary alicyclic amines) is 2. The minimum Gasteiger partial charge on any atom is -0.440 e. The fourth-order valence-electron chi connectivity index (χ4n) is 5.58. The van der Waals surface area contributed by atoms with Crippen LogP contribution in [-0.4, -0.2) is 52.3 Å². The average molecular weight is 424 g/mol. The fraction of sp³-hybridized carbons (Fsp3) is 0.640. The molecule has 2 amide bonds. The minimum absolute atomic E-state index is 0.0787. The maximum Gasteiger partial charge on any atom is 0.254 e. The smallest absolute Gasteiger partial charge is 0.254 e. The Balaban J connectivity index is 1.30. The van der Waals surface area contributed by atoms with Gasteiger partial charge in [0.25, 0.3) is 5.91 Å². The maximum absolute atomic E-state index is 13.4. The van der Waals surface area contributed by atoms with Gasteiger partial charge in [-0.15, -0.1) is 0 Å². The second-order valence-corrected chi connectivity index (χ2v) is 9.49. The molecule has 0 N–H and O–H groups in total. The highest BCUT2D eigenvalue weighted by Crippen LogP contribution is 2.34. The molecule has 2 saturated heterocycles. The van der Waals surface area contributed by atoms with E-state index in [1.54, 1.807) is 0 Å². The van der Waals surface area contributed by atoms with E-state index in [1.165, 1.54) is 19.3 Å². The zero-order chi connectivity index (χ0) is 21.2. The number of hydrogen-bond donors (Lipinski definition) is 0. The lowest BCUT2D eigenvalue weighted by atomic mass is 9.89. The molecule has 3 fully saturated rings. The van der Waals surface area contributed by atoms with Crippen molar-refractivity contribution < 1.29 is 14.0 Å². The summed E-state index contributed by atoms with van der Waals surface area (Å²) < 4.78 is 6.11. The molecule has 0 radical (unpaired) electrons. The molecule has 1 aliphatic carbocycles. The van der Waals surface area contributed by atoms with Gasteiger partial charge in [0.15, 0.2) is 11.5 Å². The van der Waals surface area contributed by atoms with E-state index in [0.29, 0.717) is 17.9 Å². The molecular weight excluding hydrogens is 390 g/mol. The molecule has 3 aliphatic rings. The first kappa shape index (κ1) is 20.5. The third-order valence-corrected chi connectivity index (χ3v) is 7.40. The number of fused-ring (bicyclic) bond motifs is 1. The second kappa shape index (κ2) is 9.01. The van der Waals surface area contributed by atoms with Gasteiger partial charge in [0.1, 0.15) is 5.52 Å². The normalized spacial score (nSPS) is 23.1. The van der Waals surface area contributed by atoms with Crippen LogP contribution < -0.4 is 0 Å². The molecule has 0 bridgehead atoms. The predicted molar refractivity (Wildman–Crippen MR) is 119 cm³/mol. The molecule has 6 nitrogen and oxygen atoms in total. The van der Waals surface area contributed by atoms with Crippen LogP contribution in [0.3, 0.4) is 0 Å². The number of piperidine rings is 1.